The van der Waals surface area contributed by atoms with Gasteiger partial charge in [-0.05, 0) is 37.5 Å². The number of aryl methyl sites for hydroxylation is 1. The Hall–Kier alpha value is -1.84. The number of amides is 2. The van der Waals surface area contributed by atoms with Gasteiger partial charge in [0.25, 0.3) is 0 Å². The number of nitrogens with zero attached hydrogens (tertiary/aromatic N) is 1. The largest absolute Gasteiger partial charge is 0.331 e. The molecule has 0 saturated heterocycles. The van der Waals surface area contributed by atoms with E-state index < -0.39 is 0 Å². The van der Waals surface area contributed by atoms with Crippen LogP contribution >= 0.6 is 0 Å². The zero-order valence-electron chi connectivity index (χ0n) is 12.9. The Morgan fingerprint density at radius 1 is 1.24 bits per heavy atom. The van der Waals surface area contributed by atoms with Gasteiger partial charge in [-0.2, -0.15) is 0 Å². The maximum atomic E-state index is 12.2. The second-order valence-electron chi connectivity index (χ2n) is 5.86. The predicted octanol–water partition coefficient (Wildman–Crippen LogP) is 3.11. The quantitative estimate of drug-likeness (QED) is 0.925. The van der Waals surface area contributed by atoms with Crippen LogP contribution in [0.15, 0.2) is 24.3 Å². The molecule has 0 heterocycles. The Morgan fingerprint density at radius 2 is 1.95 bits per heavy atom. The second-order valence-corrected chi connectivity index (χ2v) is 5.86. The van der Waals surface area contributed by atoms with Crippen LogP contribution in [0, 0.1) is 6.92 Å². The first-order chi connectivity index (χ1) is 10.1. The number of nitrogens with one attached hydrogen (secondary N) is 1. The lowest BCUT2D eigenvalue weighted by Gasteiger charge is -2.33. The minimum Gasteiger partial charge on any atom is -0.331 e. The third-order valence-electron chi connectivity index (χ3n) is 4.04. The number of rotatable bonds is 4. The van der Waals surface area contributed by atoms with E-state index in [9.17, 15) is 9.59 Å². The highest BCUT2D eigenvalue weighted by Gasteiger charge is 2.24. The smallest absolute Gasteiger partial charge is 0.244 e. The van der Waals surface area contributed by atoms with Gasteiger partial charge in [0.05, 0.1) is 0 Å². The summed E-state index contributed by atoms with van der Waals surface area (Å²) in [6, 6.07) is 7.91. The van der Waals surface area contributed by atoms with E-state index in [1.165, 1.54) is 6.42 Å². The lowest BCUT2D eigenvalue weighted by atomic mass is 9.94. The number of carbonyl (C=O) groups is 2. The van der Waals surface area contributed by atoms with E-state index in [1.807, 2.05) is 31.2 Å². The Bertz CT molecular complexity index is 507. The van der Waals surface area contributed by atoms with Crippen molar-refractivity contribution in [2.45, 2.75) is 52.0 Å². The average Bonchev–Trinajstić information content (AvgIpc) is 2.45. The van der Waals surface area contributed by atoms with Crippen molar-refractivity contribution in [1.29, 1.82) is 0 Å². The fraction of sp³-hybridized carbons (Fsp3) is 0.529. The van der Waals surface area contributed by atoms with Gasteiger partial charge in [0.2, 0.25) is 11.8 Å². The summed E-state index contributed by atoms with van der Waals surface area (Å²) in [7, 11) is 0. The SMILES string of the molecule is CC(=O)N(CC(=O)Nc1cccc(C)c1)C1CCCCC1. The van der Waals surface area contributed by atoms with Gasteiger partial charge in [-0.3, -0.25) is 9.59 Å². The molecule has 4 heteroatoms. The van der Waals surface area contributed by atoms with Gasteiger partial charge in [-0.1, -0.05) is 31.4 Å². The van der Waals surface area contributed by atoms with Gasteiger partial charge >= 0.3 is 0 Å². The summed E-state index contributed by atoms with van der Waals surface area (Å²) in [4.78, 5) is 25.7. The normalized spacial score (nSPS) is 15.5. The van der Waals surface area contributed by atoms with Crippen molar-refractivity contribution in [3.8, 4) is 0 Å². The Balaban J connectivity index is 1.96. The number of hydrogen-bond donors (Lipinski definition) is 1. The molecular weight excluding hydrogens is 264 g/mol. The molecule has 0 bridgehead atoms. The molecule has 0 radical (unpaired) electrons. The van der Waals surface area contributed by atoms with Crippen molar-refractivity contribution < 1.29 is 9.59 Å². The van der Waals surface area contributed by atoms with Gasteiger partial charge in [0, 0.05) is 18.7 Å². The zero-order valence-corrected chi connectivity index (χ0v) is 12.9. The van der Waals surface area contributed by atoms with Crippen LogP contribution in [-0.2, 0) is 9.59 Å². The Kier molecular flexibility index (Phi) is 5.37. The topological polar surface area (TPSA) is 49.4 Å². The van der Waals surface area contributed by atoms with E-state index in [1.54, 1.807) is 11.8 Å². The van der Waals surface area contributed by atoms with Crippen LogP contribution in [0.25, 0.3) is 0 Å². The van der Waals surface area contributed by atoms with E-state index in [2.05, 4.69) is 5.32 Å². The average molecular weight is 288 g/mol. The molecule has 21 heavy (non-hydrogen) atoms. The molecule has 1 fully saturated rings. The highest BCUT2D eigenvalue weighted by molar-refractivity contribution is 5.94. The molecular formula is C17H24N2O2. The first-order valence-corrected chi connectivity index (χ1v) is 7.70. The van der Waals surface area contributed by atoms with E-state index >= 15 is 0 Å². The molecule has 4 nitrogen and oxygen atoms in total. The van der Waals surface area contributed by atoms with Crippen LogP contribution in [0.2, 0.25) is 0 Å². The molecule has 0 spiro atoms. The first kappa shape index (κ1) is 15.5. The molecule has 2 amide bonds. The van der Waals surface area contributed by atoms with Gasteiger partial charge in [0.1, 0.15) is 6.54 Å². The third-order valence-corrected chi connectivity index (χ3v) is 4.04. The monoisotopic (exact) mass is 288 g/mol. The molecule has 1 aromatic carbocycles. The molecule has 0 atom stereocenters. The second kappa shape index (κ2) is 7.25. The number of hydrogen-bond acceptors (Lipinski definition) is 2. The summed E-state index contributed by atoms with van der Waals surface area (Å²) in [5.41, 5.74) is 1.88. The summed E-state index contributed by atoms with van der Waals surface area (Å²) < 4.78 is 0. The standard InChI is InChI=1S/C17H24N2O2/c1-13-7-6-8-15(11-13)18-17(21)12-19(14(2)20)16-9-4-3-5-10-16/h6-8,11,16H,3-5,9-10,12H2,1-2H3,(H,18,21). The van der Waals surface area contributed by atoms with E-state index in [-0.39, 0.29) is 24.4 Å². The first-order valence-electron chi connectivity index (χ1n) is 7.70. The molecule has 1 N–H and O–H groups in total. The number of anilines is 1. The molecule has 1 aliphatic rings. The van der Waals surface area contributed by atoms with Crippen LogP contribution in [0.3, 0.4) is 0 Å². The third kappa shape index (κ3) is 4.59. The highest BCUT2D eigenvalue weighted by Crippen LogP contribution is 2.22. The maximum absolute atomic E-state index is 12.2. The van der Waals surface area contributed by atoms with E-state index in [0.29, 0.717) is 0 Å². The van der Waals surface area contributed by atoms with Crippen molar-refractivity contribution in [3.05, 3.63) is 29.8 Å². The van der Waals surface area contributed by atoms with E-state index in [4.69, 9.17) is 0 Å². The summed E-state index contributed by atoms with van der Waals surface area (Å²) in [6.07, 6.45) is 5.55. The summed E-state index contributed by atoms with van der Waals surface area (Å²) in [6.45, 7) is 3.68. The molecule has 0 aromatic heterocycles. The van der Waals surface area contributed by atoms with Gasteiger partial charge in [-0.15, -0.1) is 0 Å². The Morgan fingerprint density at radius 3 is 2.57 bits per heavy atom. The van der Waals surface area contributed by atoms with Crippen molar-refractivity contribution in [2.75, 3.05) is 11.9 Å². The number of benzene rings is 1. The maximum Gasteiger partial charge on any atom is 0.244 e. The lowest BCUT2D eigenvalue weighted by molar-refractivity contribution is -0.135. The van der Waals surface area contributed by atoms with Crippen LogP contribution in [0.4, 0.5) is 5.69 Å². The van der Waals surface area contributed by atoms with Gasteiger partial charge < -0.3 is 10.2 Å². The predicted molar refractivity (Wildman–Crippen MR) is 84.1 cm³/mol. The summed E-state index contributed by atoms with van der Waals surface area (Å²) in [5.74, 6) is -0.136. The molecule has 0 unspecified atom stereocenters. The molecule has 1 saturated carbocycles. The van der Waals surface area contributed by atoms with Crippen LogP contribution in [0.5, 0.6) is 0 Å². The van der Waals surface area contributed by atoms with E-state index in [0.717, 1.165) is 36.9 Å². The molecule has 2 rings (SSSR count). The van der Waals surface area contributed by atoms with Crippen molar-refractivity contribution in [2.24, 2.45) is 0 Å². The number of carbonyl (C=O) groups excluding carboxylic acids is 2. The minimum absolute atomic E-state index is 0.0127. The lowest BCUT2D eigenvalue weighted by Crippen LogP contribution is -2.44. The molecule has 1 aliphatic carbocycles. The highest BCUT2D eigenvalue weighted by atomic mass is 16.2. The minimum atomic E-state index is -0.124. The molecule has 1 aromatic rings. The molecule has 0 aliphatic heterocycles. The van der Waals surface area contributed by atoms with Gasteiger partial charge in [-0.25, -0.2) is 0 Å². The summed E-state index contributed by atoms with van der Waals surface area (Å²) in [5, 5.41) is 2.87. The van der Waals surface area contributed by atoms with Crippen molar-refractivity contribution in [1.82, 2.24) is 4.90 Å². The van der Waals surface area contributed by atoms with Crippen molar-refractivity contribution >= 4 is 17.5 Å². The van der Waals surface area contributed by atoms with Crippen LogP contribution < -0.4 is 5.32 Å². The van der Waals surface area contributed by atoms with Crippen LogP contribution in [0.1, 0.15) is 44.6 Å². The fourth-order valence-corrected chi connectivity index (χ4v) is 2.97. The fourth-order valence-electron chi connectivity index (χ4n) is 2.97. The Labute approximate surface area is 126 Å². The zero-order chi connectivity index (χ0) is 15.2. The van der Waals surface area contributed by atoms with Crippen LogP contribution in [-0.4, -0.2) is 29.3 Å². The van der Waals surface area contributed by atoms with Gasteiger partial charge in [0.15, 0.2) is 0 Å². The summed E-state index contributed by atoms with van der Waals surface area (Å²) >= 11 is 0. The van der Waals surface area contributed by atoms with Crippen molar-refractivity contribution in [3.63, 3.8) is 0 Å². The molecule has 114 valence electrons.